The summed E-state index contributed by atoms with van der Waals surface area (Å²) in [6.45, 7) is 7.72. The molecule has 2 N–H and O–H groups in total. The van der Waals surface area contributed by atoms with E-state index in [9.17, 15) is 10.2 Å². The standard InChI is InChI=1S/C27H32FN3O3/c1-17(2)18-8-10-20(11-9-18)27(33,26(28)15-31(16-26)22-12-13-22)21-7-5-6-19(14-21)23-29-24(34-30-23)25(3,4)32/h5-11,14,17,22,32-33H,12-13,15-16H2,1-4H3/t27-/m0/s1. The normalized spacial score (nSPS) is 20.2. The van der Waals surface area contributed by atoms with Crippen LogP contribution in [0.15, 0.2) is 53.1 Å². The van der Waals surface area contributed by atoms with Gasteiger partial charge in [0.1, 0.15) is 5.60 Å². The average molecular weight is 466 g/mol. The number of halogens is 1. The summed E-state index contributed by atoms with van der Waals surface area (Å²) in [5.74, 6) is 0.702. The molecule has 0 amide bonds. The Balaban J connectivity index is 1.57. The van der Waals surface area contributed by atoms with Crippen LogP contribution >= 0.6 is 0 Å². The molecule has 6 nitrogen and oxygen atoms in total. The van der Waals surface area contributed by atoms with Crippen molar-refractivity contribution in [3.63, 3.8) is 0 Å². The van der Waals surface area contributed by atoms with Crippen LogP contribution in [0, 0.1) is 0 Å². The van der Waals surface area contributed by atoms with Crippen LogP contribution in [0.25, 0.3) is 11.4 Å². The van der Waals surface area contributed by atoms with Crippen molar-refractivity contribution < 1.29 is 19.1 Å². The topological polar surface area (TPSA) is 82.6 Å². The highest BCUT2D eigenvalue weighted by atomic mass is 19.1. The van der Waals surface area contributed by atoms with E-state index in [2.05, 4.69) is 28.9 Å². The van der Waals surface area contributed by atoms with Gasteiger partial charge in [0.25, 0.3) is 5.89 Å². The van der Waals surface area contributed by atoms with Gasteiger partial charge in [0, 0.05) is 24.7 Å². The first kappa shape index (κ1) is 23.1. The molecule has 0 radical (unpaired) electrons. The van der Waals surface area contributed by atoms with Crippen molar-refractivity contribution >= 4 is 0 Å². The zero-order chi connectivity index (χ0) is 24.3. The van der Waals surface area contributed by atoms with E-state index in [1.807, 2.05) is 24.3 Å². The molecule has 0 spiro atoms. The number of hydrogen-bond donors (Lipinski definition) is 2. The second kappa shape index (κ2) is 7.97. The molecule has 2 fully saturated rings. The monoisotopic (exact) mass is 465 g/mol. The first-order chi connectivity index (χ1) is 16.0. The van der Waals surface area contributed by atoms with E-state index < -0.39 is 16.9 Å². The number of nitrogens with zero attached hydrogens (tertiary/aromatic N) is 3. The van der Waals surface area contributed by atoms with Crippen molar-refractivity contribution in [2.75, 3.05) is 13.1 Å². The molecule has 0 unspecified atom stereocenters. The average Bonchev–Trinajstić information content (AvgIpc) is 3.49. The third-order valence-corrected chi connectivity index (χ3v) is 7.10. The van der Waals surface area contributed by atoms with Crippen molar-refractivity contribution in [2.24, 2.45) is 0 Å². The molecule has 1 atom stereocenters. The van der Waals surface area contributed by atoms with Gasteiger partial charge in [0.2, 0.25) is 5.82 Å². The molecule has 0 bridgehead atoms. The molecular formula is C27H32FN3O3. The van der Waals surface area contributed by atoms with Crippen LogP contribution in [0.4, 0.5) is 4.39 Å². The largest absolute Gasteiger partial charge is 0.381 e. The Morgan fingerprint density at radius 1 is 1.06 bits per heavy atom. The van der Waals surface area contributed by atoms with Gasteiger partial charge in [0.05, 0.1) is 0 Å². The van der Waals surface area contributed by atoms with Crippen LogP contribution in [-0.4, -0.2) is 50.1 Å². The van der Waals surface area contributed by atoms with Crippen LogP contribution in [0.5, 0.6) is 0 Å². The Labute approximate surface area is 199 Å². The Kier molecular flexibility index (Phi) is 5.43. The molecule has 1 aliphatic heterocycles. The van der Waals surface area contributed by atoms with Gasteiger partial charge in [-0.1, -0.05) is 61.5 Å². The first-order valence-electron chi connectivity index (χ1n) is 11.9. The van der Waals surface area contributed by atoms with Crippen molar-refractivity contribution in [3.8, 4) is 11.4 Å². The van der Waals surface area contributed by atoms with Gasteiger partial charge >= 0.3 is 0 Å². The summed E-state index contributed by atoms with van der Waals surface area (Å²) in [6.07, 6.45) is 2.18. The Hall–Kier alpha value is -2.61. The summed E-state index contributed by atoms with van der Waals surface area (Å²) >= 11 is 0. The van der Waals surface area contributed by atoms with Crippen molar-refractivity contribution in [3.05, 3.63) is 71.1 Å². The van der Waals surface area contributed by atoms with Crippen LogP contribution in [0.1, 0.15) is 69.0 Å². The molecule has 3 aromatic rings. The third kappa shape index (κ3) is 3.85. The molecule has 2 heterocycles. The van der Waals surface area contributed by atoms with Crippen molar-refractivity contribution in [1.82, 2.24) is 15.0 Å². The van der Waals surface area contributed by atoms with Gasteiger partial charge < -0.3 is 14.7 Å². The van der Waals surface area contributed by atoms with Gasteiger partial charge in [0.15, 0.2) is 11.3 Å². The molecule has 5 rings (SSSR count). The Morgan fingerprint density at radius 3 is 2.29 bits per heavy atom. The van der Waals surface area contributed by atoms with Crippen LogP contribution in [0.3, 0.4) is 0 Å². The quantitative estimate of drug-likeness (QED) is 0.534. The molecule has 180 valence electrons. The lowest BCUT2D eigenvalue weighted by molar-refractivity contribution is -0.163. The highest BCUT2D eigenvalue weighted by Crippen LogP contribution is 2.50. The number of alkyl halides is 1. The lowest BCUT2D eigenvalue weighted by atomic mass is 9.69. The zero-order valence-electron chi connectivity index (χ0n) is 20.1. The van der Waals surface area contributed by atoms with E-state index in [4.69, 9.17) is 4.52 Å². The summed E-state index contributed by atoms with van der Waals surface area (Å²) in [7, 11) is 0. The predicted molar refractivity (Wildman–Crippen MR) is 127 cm³/mol. The number of rotatable bonds is 7. The van der Waals surface area contributed by atoms with Crippen molar-refractivity contribution in [2.45, 2.75) is 69.4 Å². The third-order valence-electron chi connectivity index (χ3n) is 7.10. The molecular weight excluding hydrogens is 433 g/mol. The van der Waals surface area contributed by atoms with Gasteiger partial charge in [-0.3, -0.25) is 4.90 Å². The summed E-state index contributed by atoms with van der Waals surface area (Å²) < 4.78 is 21.8. The summed E-state index contributed by atoms with van der Waals surface area (Å²) in [6, 6.07) is 15.0. The van der Waals surface area contributed by atoms with E-state index in [0.717, 1.165) is 18.4 Å². The fraction of sp³-hybridized carbons (Fsp3) is 0.481. The molecule has 2 aromatic carbocycles. The fourth-order valence-electron chi connectivity index (χ4n) is 4.79. The fourth-order valence-corrected chi connectivity index (χ4v) is 4.79. The lowest BCUT2D eigenvalue weighted by Crippen LogP contribution is -2.69. The summed E-state index contributed by atoms with van der Waals surface area (Å²) in [4.78, 5) is 6.42. The highest BCUT2D eigenvalue weighted by molar-refractivity contribution is 5.58. The second-order valence-electron chi connectivity index (χ2n) is 10.7. The Morgan fingerprint density at radius 2 is 1.74 bits per heavy atom. The number of likely N-dealkylation sites (tertiary alicyclic amines) is 1. The molecule has 1 saturated heterocycles. The molecule has 1 aromatic heterocycles. The number of benzene rings is 2. The van der Waals surface area contributed by atoms with Crippen LogP contribution < -0.4 is 0 Å². The van der Waals surface area contributed by atoms with E-state index in [1.165, 1.54) is 0 Å². The summed E-state index contributed by atoms with van der Waals surface area (Å²) in [5.41, 5.74) is -2.27. The minimum atomic E-state index is -1.84. The summed E-state index contributed by atoms with van der Waals surface area (Å²) in [5, 5.41) is 26.3. The maximum atomic E-state index is 16.5. The number of aromatic nitrogens is 2. The smallest absolute Gasteiger partial charge is 0.258 e. The van der Waals surface area contributed by atoms with Gasteiger partial charge in [-0.2, -0.15) is 4.98 Å². The molecule has 1 saturated carbocycles. The van der Waals surface area contributed by atoms with E-state index >= 15 is 4.39 Å². The van der Waals surface area contributed by atoms with Gasteiger partial charge in [-0.15, -0.1) is 0 Å². The SMILES string of the molecule is CC(C)c1ccc([C@](O)(c2cccc(-c3noc(C(C)(C)O)n3)c2)C2(F)CN(C3CC3)C2)cc1. The molecule has 7 heteroatoms. The number of hydrogen-bond acceptors (Lipinski definition) is 6. The minimum absolute atomic E-state index is 0.0912. The number of aliphatic hydroxyl groups is 2. The van der Waals surface area contributed by atoms with Crippen LogP contribution in [-0.2, 0) is 11.2 Å². The van der Waals surface area contributed by atoms with E-state index in [-0.39, 0.29) is 24.8 Å². The highest BCUT2D eigenvalue weighted by Gasteiger charge is 2.62. The minimum Gasteiger partial charge on any atom is -0.381 e. The molecule has 1 aliphatic carbocycles. The van der Waals surface area contributed by atoms with Crippen LogP contribution in [0.2, 0.25) is 0 Å². The van der Waals surface area contributed by atoms with Gasteiger partial charge in [-0.25, -0.2) is 4.39 Å². The molecule has 2 aliphatic rings. The van der Waals surface area contributed by atoms with Gasteiger partial charge in [-0.05, 0) is 55.4 Å². The predicted octanol–water partition coefficient (Wildman–Crippen LogP) is 4.51. The first-order valence-corrected chi connectivity index (χ1v) is 11.9. The van der Waals surface area contributed by atoms with Crippen molar-refractivity contribution in [1.29, 1.82) is 0 Å². The molecule has 34 heavy (non-hydrogen) atoms. The zero-order valence-corrected chi connectivity index (χ0v) is 20.1. The lowest BCUT2D eigenvalue weighted by Gasteiger charge is -2.53. The van der Waals surface area contributed by atoms with E-state index in [1.54, 1.807) is 38.1 Å². The second-order valence-corrected chi connectivity index (χ2v) is 10.7. The van der Waals surface area contributed by atoms with E-state index in [0.29, 0.717) is 28.7 Å². The maximum Gasteiger partial charge on any atom is 0.258 e. The Bertz CT molecular complexity index is 1170. The maximum absolute atomic E-state index is 16.5.